The van der Waals surface area contributed by atoms with Crippen molar-refractivity contribution in [2.75, 3.05) is 33.7 Å². The number of amides is 1. The number of hydrogen-bond donors (Lipinski definition) is 1. The quantitative estimate of drug-likeness (QED) is 0.823. The van der Waals surface area contributed by atoms with Crippen LogP contribution in [0.5, 0.6) is 5.75 Å². The maximum atomic E-state index is 12.1. The van der Waals surface area contributed by atoms with E-state index in [4.69, 9.17) is 0 Å². The summed E-state index contributed by atoms with van der Waals surface area (Å²) in [5.41, 5.74) is 1.03. The molecule has 1 aliphatic heterocycles. The van der Waals surface area contributed by atoms with E-state index in [2.05, 4.69) is 15.0 Å². The molecule has 7 heteroatoms. The minimum Gasteiger partial charge on any atom is -0.435 e. The molecule has 134 valence electrons. The first-order valence-corrected chi connectivity index (χ1v) is 8.13. The van der Waals surface area contributed by atoms with Crippen molar-refractivity contribution in [3.8, 4) is 5.75 Å². The van der Waals surface area contributed by atoms with Gasteiger partial charge >= 0.3 is 6.61 Å². The van der Waals surface area contributed by atoms with Crippen molar-refractivity contribution >= 4 is 5.91 Å². The zero-order valence-electron chi connectivity index (χ0n) is 14.2. The third kappa shape index (κ3) is 6.05. The minimum absolute atomic E-state index is 0.132. The van der Waals surface area contributed by atoms with E-state index in [1.54, 1.807) is 43.3 Å². The number of ether oxygens (including phenoxy) is 1. The first kappa shape index (κ1) is 18.6. The fourth-order valence-electron chi connectivity index (χ4n) is 2.68. The summed E-state index contributed by atoms with van der Waals surface area (Å²) in [4.78, 5) is 15.5. The summed E-state index contributed by atoms with van der Waals surface area (Å²) in [6.07, 6.45) is 1.99. The molecule has 0 aromatic heterocycles. The SMILES string of the molecule is CN(C)C(=O)CN1CCC(NCc2ccc(OC(F)F)cc2)CC1. The summed E-state index contributed by atoms with van der Waals surface area (Å²) >= 11 is 0. The largest absolute Gasteiger partial charge is 0.435 e. The zero-order chi connectivity index (χ0) is 17.5. The van der Waals surface area contributed by atoms with Gasteiger partial charge in [0.25, 0.3) is 0 Å². The van der Waals surface area contributed by atoms with Crippen LogP contribution in [0.25, 0.3) is 0 Å². The third-order valence-corrected chi connectivity index (χ3v) is 4.19. The van der Waals surface area contributed by atoms with Gasteiger partial charge in [-0.05, 0) is 30.5 Å². The van der Waals surface area contributed by atoms with Crippen molar-refractivity contribution in [2.24, 2.45) is 0 Å². The molecular weight excluding hydrogens is 316 g/mol. The second-order valence-corrected chi connectivity index (χ2v) is 6.24. The summed E-state index contributed by atoms with van der Waals surface area (Å²) < 4.78 is 28.5. The van der Waals surface area contributed by atoms with Crippen LogP contribution in [-0.4, -0.2) is 62.1 Å². The lowest BCUT2D eigenvalue weighted by atomic mass is 10.0. The third-order valence-electron chi connectivity index (χ3n) is 4.19. The van der Waals surface area contributed by atoms with Gasteiger partial charge < -0.3 is 15.0 Å². The lowest BCUT2D eigenvalue weighted by Gasteiger charge is -2.32. The van der Waals surface area contributed by atoms with E-state index in [1.165, 1.54) is 0 Å². The fraction of sp³-hybridized carbons (Fsp3) is 0.588. The maximum Gasteiger partial charge on any atom is 0.387 e. The van der Waals surface area contributed by atoms with Gasteiger partial charge in [-0.25, -0.2) is 0 Å². The molecule has 0 unspecified atom stereocenters. The number of carbonyl (C=O) groups excluding carboxylic acids is 1. The van der Waals surface area contributed by atoms with Crippen LogP contribution in [0.1, 0.15) is 18.4 Å². The second kappa shape index (κ2) is 8.94. The molecule has 0 aliphatic carbocycles. The Morgan fingerprint density at radius 2 is 1.92 bits per heavy atom. The molecule has 0 spiro atoms. The van der Waals surface area contributed by atoms with E-state index >= 15 is 0 Å². The summed E-state index contributed by atoms with van der Waals surface area (Å²) in [7, 11) is 3.54. The summed E-state index contributed by atoms with van der Waals surface area (Å²) in [5, 5.41) is 3.48. The topological polar surface area (TPSA) is 44.8 Å². The summed E-state index contributed by atoms with van der Waals surface area (Å²) in [5.74, 6) is 0.306. The Hall–Kier alpha value is -1.73. The van der Waals surface area contributed by atoms with E-state index in [1.807, 2.05) is 0 Å². The number of carbonyl (C=O) groups is 1. The van der Waals surface area contributed by atoms with Crippen molar-refractivity contribution in [1.29, 1.82) is 0 Å². The molecule has 2 rings (SSSR count). The van der Waals surface area contributed by atoms with Crippen LogP contribution in [-0.2, 0) is 11.3 Å². The molecule has 1 aromatic rings. The Labute approximate surface area is 141 Å². The van der Waals surface area contributed by atoms with Crippen LogP contribution >= 0.6 is 0 Å². The molecular formula is C17H25F2N3O2. The smallest absolute Gasteiger partial charge is 0.387 e. The highest BCUT2D eigenvalue weighted by molar-refractivity contribution is 5.77. The number of benzene rings is 1. The minimum atomic E-state index is -2.79. The van der Waals surface area contributed by atoms with E-state index in [-0.39, 0.29) is 11.7 Å². The van der Waals surface area contributed by atoms with E-state index in [9.17, 15) is 13.6 Å². The van der Waals surface area contributed by atoms with Crippen LogP contribution in [0.4, 0.5) is 8.78 Å². The second-order valence-electron chi connectivity index (χ2n) is 6.24. The van der Waals surface area contributed by atoms with Gasteiger partial charge in [-0.1, -0.05) is 12.1 Å². The van der Waals surface area contributed by atoms with Crippen molar-refractivity contribution in [1.82, 2.24) is 15.1 Å². The van der Waals surface area contributed by atoms with E-state index < -0.39 is 6.61 Å². The Morgan fingerprint density at radius 3 is 2.46 bits per heavy atom. The normalized spacial score (nSPS) is 16.4. The van der Waals surface area contributed by atoms with Gasteiger partial charge in [-0.15, -0.1) is 0 Å². The van der Waals surface area contributed by atoms with Crippen LogP contribution < -0.4 is 10.1 Å². The molecule has 1 aromatic carbocycles. The number of likely N-dealkylation sites (N-methyl/N-ethyl adjacent to an activating group) is 1. The van der Waals surface area contributed by atoms with Crippen LogP contribution in [0.15, 0.2) is 24.3 Å². The van der Waals surface area contributed by atoms with Gasteiger partial charge in [-0.2, -0.15) is 8.78 Å². The van der Waals surface area contributed by atoms with Gasteiger partial charge in [0.2, 0.25) is 5.91 Å². The molecule has 5 nitrogen and oxygen atoms in total. The molecule has 1 fully saturated rings. The van der Waals surface area contributed by atoms with Gasteiger partial charge in [0, 0.05) is 39.8 Å². The molecule has 1 saturated heterocycles. The number of nitrogens with zero attached hydrogens (tertiary/aromatic N) is 2. The first-order valence-electron chi connectivity index (χ1n) is 8.13. The molecule has 0 saturated carbocycles. The monoisotopic (exact) mass is 341 g/mol. The Morgan fingerprint density at radius 1 is 1.29 bits per heavy atom. The molecule has 24 heavy (non-hydrogen) atoms. The van der Waals surface area contributed by atoms with Gasteiger partial charge in [-0.3, -0.25) is 9.69 Å². The Balaban J connectivity index is 1.70. The average molecular weight is 341 g/mol. The van der Waals surface area contributed by atoms with E-state index in [0.717, 1.165) is 31.5 Å². The van der Waals surface area contributed by atoms with Crippen molar-refractivity contribution in [3.63, 3.8) is 0 Å². The lowest BCUT2D eigenvalue weighted by molar-refractivity contribution is -0.130. The van der Waals surface area contributed by atoms with Crippen LogP contribution in [0.2, 0.25) is 0 Å². The molecule has 0 radical (unpaired) electrons. The standard InChI is InChI=1S/C17H25F2N3O2/c1-21(2)16(23)12-22-9-7-14(8-10-22)20-11-13-3-5-15(6-4-13)24-17(18)19/h3-6,14,17,20H,7-12H2,1-2H3. The van der Waals surface area contributed by atoms with Crippen molar-refractivity contribution in [2.45, 2.75) is 32.0 Å². The van der Waals surface area contributed by atoms with Crippen molar-refractivity contribution < 1.29 is 18.3 Å². The predicted molar refractivity (Wildman–Crippen MR) is 88.1 cm³/mol. The molecule has 0 bridgehead atoms. The van der Waals surface area contributed by atoms with Crippen molar-refractivity contribution in [3.05, 3.63) is 29.8 Å². The highest BCUT2D eigenvalue weighted by atomic mass is 19.3. The highest BCUT2D eigenvalue weighted by Crippen LogP contribution is 2.16. The molecule has 1 amide bonds. The number of alkyl halides is 2. The molecule has 1 N–H and O–H groups in total. The Kier molecular flexibility index (Phi) is 6.93. The number of piperidine rings is 1. The van der Waals surface area contributed by atoms with Gasteiger partial charge in [0.1, 0.15) is 5.75 Å². The van der Waals surface area contributed by atoms with Crippen LogP contribution in [0, 0.1) is 0 Å². The Bertz CT molecular complexity index is 515. The molecule has 0 atom stereocenters. The average Bonchev–Trinajstić information content (AvgIpc) is 2.55. The number of rotatable bonds is 7. The first-order chi connectivity index (χ1) is 11.4. The predicted octanol–water partition coefficient (Wildman–Crippen LogP) is 1.93. The number of nitrogens with one attached hydrogen (secondary N) is 1. The zero-order valence-corrected chi connectivity index (χ0v) is 14.2. The van der Waals surface area contributed by atoms with E-state index in [0.29, 0.717) is 19.1 Å². The number of hydrogen-bond acceptors (Lipinski definition) is 4. The fourth-order valence-corrected chi connectivity index (χ4v) is 2.68. The summed E-state index contributed by atoms with van der Waals surface area (Å²) in [6, 6.07) is 7.09. The van der Waals surface area contributed by atoms with Crippen LogP contribution in [0.3, 0.4) is 0 Å². The van der Waals surface area contributed by atoms with Gasteiger partial charge in [0.05, 0.1) is 6.54 Å². The van der Waals surface area contributed by atoms with Gasteiger partial charge in [0.15, 0.2) is 0 Å². The number of likely N-dealkylation sites (tertiary alicyclic amines) is 1. The summed E-state index contributed by atoms with van der Waals surface area (Å²) in [6.45, 7) is 0.178. The lowest BCUT2D eigenvalue weighted by Crippen LogP contribution is -2.45. The molecule has 1 heterocycles. The highest BCUT2D eigenvalue weighted by Gasteiger charge is 2.20. The maximum absolute atomic E-state index is 12.1. The number of halogens is 2. The molecule has 1 aliphatic rings.